The first-order valence-electron chi connectivity index (χ1n) is 12.2. The number of aryl methyl sites for hydroxylation is 1. The predicted octanol–water partition coefficient (Wildman–Crippen LogP) is 3.80. The Bertz CT molecular complexity index is 1340. The number of carbonyl (C=O) groups excluding carboxylic acids is 2. The van der Waals surface area contributed by atoms with Crippen LogP contribution < -0.4 is 16.2 Å². The van der Waals surface area contributed by atoms with E-state index in [1.165, 1.54) is 27.6 Å². The van der Waals surface area contributed by atoms with Crippen LogP contribution in [0.25, 0.3) is 11.1 Å². The molecule has 2 aromatic heterocycles. The average Bonchev–Trinajstić information content (AvgIpc) is 3.28. The zero-order valence-electron chi connectivity index (χ0n) is 21.0. The molecule has 1 aliphatic carbocycles. The van der Waals surface area contributed by atoms with Crippen LogP contribution in [0, 0.1) is 24.6 Å². The van der Waals surface area contributed by atoms with Gasteiger partial charge in [0, 0.05) is 48.9 Å². The second-order valence-electron chi connectivity index (χ2n) is 9.72. The van der Waals surface area contributed by atoms with Gasteiger partial charge in [0.1, 0.15) is 17.6 Å². The lowest BCUT2D eigenvalue weighted by molar-refractivity contribution is -0.119. The van der Waals surface area contributed by atoms with Crippen molar-refractivity contribution in [2.75, 3.05) is 5.32 Å². The minimum absolute atomic E-state index is 0.0178. The van der Waals surface area contributed by atoms with Crippen molar-refractivity contribution < 1.29 is 14.0 Å². The monoisotopic (exact) mass is 493 g/mol. The molecule has 1 aliphatic rings. The van der Waals surface area contributed by atoms with Gasteiger partial charge in [0.25, 0.3) is 5.91 Å². The third-order valence-electron chi connectivity index (χ3n) is 7.30. The summed E-state index contributed by atoms with van der Waals surface area (Å²) < 4.78 is 18.0. The highest BCUT2D eigenvalue weighted by Crippen LogP contribution is 2.32. The number of hydrogen-bond acceptors (Lipinski definition) is 4. The van der Waals surface area contributed by atoms with Crippen LogP contribution in [0.5, 0.6) is 0 Å². The number of hydrogen-bond donors (Lipinski definition) is 2. The Morgan fingerprint density at radius 1 is 1.06 bits per heavy atom. The summed E-state index contributed by atoms with van der Waals surface area (Å²) in [7, 11) is 3.31. The number of aromatic nitrogens is 3. The fourth-order valence-corrected chi connectivity index (χ4v) is 4.88. The lowest BCUT2D eigenvalue weighted by Gasteiger charge is -2.32. The molecule has 0 unspecified atom stereocenters. The smallest absolute Gasteiger partial charge is 0.270 e. The Kier molecular flexibility index (Phi) is 7.37. The van der Waals surface area contributed by atoms with Crippen LogP contribution in [0.4, 0.5) is 10.1 Å². The predicted molar refractivity (Wildman–Crippen MR) is 136 cm³/mol. The van der Waals surface area contributed by atoms with Crippen molar-refractivity contribution in [2.24, 2.45) is 25.9 Å². The van der Waals surface area contributed by atoms with Gasteiger partial charge in [-0.25, -0.2) is 4.39 Å². The van der Waals surface area contributed by atoms with Crippen LogP contribution in [-0.4, -0.2) is 32.2 Å². The second-order valence-corrected chi connectivity index (χ2v) is 9.72. The van der Waals surface area contributed by atoms with Crippen molar-refractivity contribution in [3.05, 3.63) is 70.2 Å². The maximum atomic E-state index is 15.1. The number of carbonyl (C=O) groups is 2. The minimum Gasteiger partial charge on any atom is -0.339 e. The summed E-state index contributed by atoms with van der Waals surface area (Å²) in [6.45, 7) is 3.95. The topological polar surface area (TPSA) is 98.0 Å². The van der Waals surface area contributed by atoms with Gasteiger partial charge in [-0.3, -0.25) is 19.1 Å². The molecule has 2 N–H and O–H groups in total. The number of benzene rings is 1. The normalized spacial score (nSPS) is 18.5. The summed E-state index contributed by atoms with van der Waals surface area (Å²) >= 11 is 0. The van der Waals surface area contributed by atoms with Gasteiger partial charge in [-0.1, -0.05) is 19.8 Å². The number of nitrogens with zero attached hydrogens (tertiary/aromatic N) is 3. The molecular formula is C27H32FN5O3. The van der Waals surface area contributed by atoms with Crippen LogP contribution in [0.15, 0.2) is 47.4 Å². The summed E-state index contributed by atoms with van der Waals surface area (Å²) in [5.74, 6) is -0.705. The standard InChI is InChI=1S/C27H32FN5O3/c1-16-5-7-18(8-6-16)25(31-26(35)23-13-14-29-33(23)4)27(36)30-19-9-10-21(22(28)15-19)20-11-12-24(34)32(3)17(20)2/h9-16,18,25H,5-8H2,1-4H3,(H,30,36)(H,31,35)/t16?,18?,25-/m0/s1. The summed E-state index contributed by atoms with van der Waals surface area (Å²) in [6, 6.07) is 8.32. The molecule has 0 spiro atoms. The zero-order valence-corrected chi connectivity index (χ0v) is 21.0. The largest absolute Gasteiger partial charge is 0.339 e. The summed E-state index contributed by atoms with van der Waals surface area (Å²) in [6.07, 6.45) is 5.15. The number of pyridine rings is 1. The molecule has 1 atom stereocenters. The van der Waals surface area contributed by atoms with Crippen LogP contribution in [-0.2, 0) is 18.9 Å². The second kappa shape index (κ2) is 10.5. The molecule has 1 aromatic carbocycles. The highest BCUT2D eigenvalue weighted by Gasteiger charge is 2.33. The van der Waals surface area contributed by atoms with Crippen molar-refractivity contribution in [3.63, 3.8) is 0 Å². The van der Waals surface area contributed by atoms with E-state index in [0.717, 1.165) is 25.7 Å². The third-order valence-corrected chi connectivity index (χ3v) is 7.30. The molecular weight excluding hydrogens is 461 g/mol. The van der Waals surface area contributed by atoms with Crippen LogP contribution in [0.1, 0.15) is 48.8 Å². The molecule has 0 radical (unpaired) electrons. The first-order chi connectivity index (χ1) is 17.2. The van der Waals surface area contributed by atoms with Gasteiger partial charge < -0.3 is 15.2 Å². The van der Waals surface area contributed by atoms with E-state index in [1.54, 1.807) is 45.3 Å². The number of nitrogens with one attached hydrogen (secondary N) is 2. The molecule has 190 valence electrons. The van der Waals surface area contributed by atoms with E-state index in [2.05, 4.69) is 22.7 Å². The van der Waals surface area contributed by atoms with Gasteiger partial charge in [0.05, 0.1) is 0 Å². The van der Waals surface area contributed by atoms with Gasteiger partial charge in [-0.2, -0.15) is 5.10 Å². The highest BCUT2D eigenvalue weighted by molar-refractivity contribution is 6.00. The van der Waals surface area contributed by atoms with Crippen molar-refractivity contribution in [2.45, 2.75) is 45.6 Å². The summed E-state index contributed by atoms with van der Waals surface area (Å²) in [4.78, 5) is 38.1. The van der Waals surface area contributed by atoms with E-state index in [-0.39, 0.29) is 23.3 Å². The molecule has 0 aliphatic heterocycles. The quantitative estimate of drug-likeness (QED) is 0.546. The zero-order chi connectivity index (χ0) is 26.0. The van der Waals surface area contributed by atoms with Crippen molar-refractivity contribution >= 4 is 17.5 Å². The van der Waals surface area contributed by atoms with E-state index >= 15 is 4.39 Å². The molecule has 36 heavy (non-hydrogen) atoms. The fourth-order valence-electron chi connectivity index (χ4n) is 4.88. The molecule has 3 aromatic rings. The van der Waals surface area contributed by atoms with E-state index in [0.29, 0.717) is 34.1 Å². The number of halogens is 1. The Labute approximate surface area is 209 Å². The van der Waals surface area contributed by atoms with Crippen LogP contribution in [0.2, 0.25) is 0 Å². The third kappa shape index (κ3) is 5.24. The SMILES string of the molecule is Cc1c(-c2ccc(NC(=O)[C@@H](NC(=O)c3ccnn3C)C3CCC(C)CC3)cc2F)ccc(=O)n1C. The molecule has 2 heterocycles. The van der Waals surface area contributed by atoms with Crippen LogP contribution in [0.3, 0.4) is 0 Å². The summed E-state index contributed by atoms with van der Waals surface area (Å²) in [5, 5.41) is 9.73. The van der Waals surface area contributed by atoms with Gasteiger partial charge in [-0.05, 0) is 61.9 Å². The lowest BCUT2D eigenvalue weighted by Crippen LogP contribution is -2.49. The molecule has 8 nitrogen and oxygen atoms in total. The average molecular weight is 494 g/mol. The van der Waals surface area contributed by atoms with Gasteiger partial charge in [0.2, 0.25) is 11.5 Å². The Morgan fingerprint density at radius 2 is 1.75 bits per heavy atom. The van der Waals surface area contributed by atoms with E-state index < -0.39 is 11.9 Å². The van der Waals surface area contributed by atoms with Crippen molar-refractivity contribution in [3.8, 4) is 11.1 Å². The molecule has 0 saturated heterocycles. The van der Waals surface area contributed by atoms with Gasteiger partial charge in [-0.15, -0.1) is 0 Å². The first kappa shape index (κ1) is 25.3. The maximum absolute atomic E-state index is 15.1. The van der Waals surface area contributed by atoms with Crippen LogP contribution >= 0.6 is 0 Å². The number of anilines is 1. The molecule has 1 saturated carbocycles. The molecule has 2 amide bonds. The fraction of sp³-hybridized carbons (Fsp3) is 0.407. The highest BCUT2D eigenvalue weighted by atomic mass is 19.1. The van der Waals surface area contributed by atoms with Crippen molar-refractivity contribution in [1.82, 2.24) is 19.7 Å². The molecule has 0 bridgehead atoms. The van der Waals surface area contributed by atoms with Gasteiger partial charge >= 0.3 is 0 Å². The van der Waals surface area contributed by atoms with E-state index in [1.807, 2.05) is 0 Å². The molecule has 4 rings (SSSR count). The number of rotatable bonds is 6. The lowest BCUT2D eigenvalue weighted by atomic mass is 9.79. The van der Waals surface area contributed by atoms with Crippen molar-refractivity contribution in [1.29, 1.82) is 0 Å². The first-order valence-corrected chi connectivity index (χ1v) is 12.2. The van der Waals surface area contributed by atoms with E-state index in [9.17, 15) is 14.4 Å². The Balaban J connectivity index is 1.56. The Morgan fingerprint density at radius 3 is 2.39 bits per heavy atom. The van der Waals surface area contributed by atoms with E-state index in [4.69, 9.17) is 0 Å². The van der Waals surface area contributed by atoms with Gasteiger partial charge in [0.15, 0.2) is 0 Å². The molecule has 1 fully saturated rings. The maximum Gasteiger partial charge on any atom is 0.270 e. The minimum atomic E-state index is -0.756. The number of amides is 2. The summed E-state index contributed by atoms with van der Waals surface area (Å²) in [5.41, 5.74) is 2.07. The Hall–Kier alpha value is -3.75. The molecule has 9 heteroatoms.